The van der Waals surface area contributed by atoms with Gasteiger partial charge in [-0.15, -0.1) is 0 Å². The van der Waals surface area contributed by atoms with Gasteiger partial charge in [0.2, 0.25) is 11.8 Å². The number of amides is 2. The minimum atomic E-state index is -1.00. The van der Waals surface area contributed by atoms with E-state index >= 15 is 0 Å². The van der Waals surface area contributed by atoms with Crippen LogP contribution in [0.15, 0.2) is 57.4 Å². The van der Waals surface area contributed by atoms with E-state index in [0.717, 1.165) is 84.2 Å². The molecule has 17 nitrogen and oxygen atoms in total. The van der Waals surface area contributed by atoms with Crippen LogP contribution in [0.2, 0.25) is 0 Å². The van der Waals surface area contributed by atoms with Crippen molar-refractivity contribution in [3.05, 3.63) is 82.6 Å². The predicted octanol–water partition coefficient (Wildman–Crippen LogP) is 4.60. The molecule has 0 unspecified atom stereocenters. The Kier molecular flexibility index (Phi) is 35.6. The van der Waals surface area contributed by atoms with Gasteiger partial charge in [0.1, 0.15) is 22.7 Å². The Morgan fingerprint density at radius 3 is 1.44 bits per heavy atom. The minimum absolute atomic E-state index is 0. The monoisotopic (exact) mass is 1300 g/mol. The second kappa shape index (κ2) is 37.3. The molecule has 2 saturated carbocycles. The van der Waals surface area contributed by atoms with Crippen molar-refractivity contribution in [2.75, 3.05) is 21.4 Å². The molecule has 0 bridgehead atoms. The van der Waals surface area contributed by atoms with Crippen LogP contribution in [0.25, 0.3) is 22.9 Å². The number of thioether (sulfide) groups is 1. The van der Waals surface area contributed by atoms with Crippen molar-refractivity contribution < 1.29 is 207 Å². The third-order valence-electron chi connectivity index (χ3n) is 10.7. The summed E-state index contributed by atoms with van der Waals surface area (Å²) in [7, 11) is 1.72. The maximum absolute atomic E-state index is 12.0. The van der Waals surface area contributed by atoms with Gasteiger partial charge in [0.05, 0.1) is 45.3 Å². The molecular formula is C51H73Cs2FN4O13S2. The summed E-state index contributed by atoms with van der Waals surface area (Å²) in [4.78, 5) is 66.6. The molecule has 4 aromatic rings. The molecule has 2 heterocycles. The molecule has 2 N–H and O–H groups in total. The van der Waals surface area contributed by atoms with Gasteiger partial charge >= 0.3 is 162 Å². The van der Waals surface area contributed by atoms with E-state index < -0.39 is 18.4 Å². The maximum atomic E-state index is 12.0. The van der Waals surface area contributed by atoms with E-state index in [4.69, 9.17) is 34.5 Å². The Hall–Kier alpha value is -1.50. The van der Waals surface area contributed by atoms with E-state index in [2.05, 4.69) is 49.8 Å². The Bertz CT molecular complexity index is 2270. The van der Waals surface area contributed by atoms with Crippen molar-refractivity contribution in [3.63, 3.8) is 0 Å². The van der Waals surface area contributed by atoms with Gasteiger partial charge < -0.3 is 50.0 Å². The van der Waals surface area contributed by atoms with E-state index in [1.165, 1.54) is 27.1 Å². The molecule has 2 aromatic carbocycles. The van der Waals surface area contributed by atoms with Crippen molar-refractivity contribution >= 4 is 55.0 Å². The third kappa shape index (κ3) is 28.1. The molecule has 0 saturated heterocycles. The number of aromatic nitrogens is 2. The molecule has 22 heteroatoms. The largest absolute Gasteiger partial charge is 1.00 e. The molecule has 0 spiro atoms. The summed E-state index contributed by atoms with van der Waals surface area (Å²) in [6.07, 6.45) is 7.97. The molecule has 396 valence electrons. The second-order valence-electron chi connectivity index (χ2n) is 18.6. The molecule has 0 atom stereocenters. The fourth-order valence-electron chi connectivity index (χ4n) is 7.04. The number of aryl methyl sites for hydroxylation is 2. The first kappa shape index (κ1) is 69.5. The summed E-state index contributed by atoms with van der Waals surface area (Å²) < 4.78 is 46.8. The van der Waals surface area contributed by atoms with Crippen LogP contribution < -0.4 is 154 Å². The fraction of sp³-hybridized carbons (Fsp3) is 0.549. The number of esters is 2. The third-order valence-corrected chi connectivity index (χ3v) is 12.4. The molecule has 2 amide bonds. The summed E-state index contributed by atoms with van der Waals surface area (Å²) in [6.45, 7) is 17.1. The molecule has 2 aliphatic carbocycles. The average molecular weight is 1300 g/mol. The van der Waals surface area contributed by atoms with Crippen LogP contribution in [0.4, 0.5) is 14.0 Å². The van der Waals surface area contributed by atoms with Crippen molar-refractivity contribution in [2.45, 2.75) is 154 Å². The van der Waals surface area contributed by atoms with Gasteiger partial charge in [0.25, 0.3) is 6.47 Å². The number of oxazole rings is 2. The summed E-state index contributed by atoms with van der Waals surface area (Å²) in [6, 6.07) is 14.5. The van der Waals surface area contributed by atoms with Crippen LogP contribution in [0.5, 0.6) is 0 Å². The molecule has 2 aliphatic rings. The van der Waals surface area contributed by atoms with Crippen LogP contribution in [0.1, 0.15) is 146 Å². The molecule has 0 aliphatic heterocycles. The first-order chi connectivity index (χ1) is 34.0. The maximum Gasteiger partial charge on any atom is 1.00 e. The molecule has 0 radical (unpaired) electrons. The van der Waals surface area contributed by atoms with Crippen LogP contribution in [0.3, 0.4) is 0 Å². The smallest absolute Gasteiger partial charge is 1.00 e. The summed E-state index contributed by atoms with van der Waals surface area (Å²) in [5.41, 5.74) is 3.53. The van der Waals surface area contributed by atoms with E-state index in [9.17, 15) is 23.6 Å². The van der Waals surface area contributed by atoms with Gasteiger partial charge in [-0.2, -0.15) is 24.4 Å². The van der Waals surface area contributed by atoms with Crippen molar-refractivity contribution in [3.8, 4) is 22.9 Å². The number of hydrogen-bond acceptors (Lipinski definition) is 17. The van der Waals surface area contributed by atoms with Gasteiger partial charge in [0, 0.05) is 40.0 Å². The number of alkyl carbamates (subject to hydrolysis) is 2. The first-order valence-corrected chi connectivity index (χ1v) is 24.8. The minimum Gasteiger partial charge on any atom is -1.00 e. The number of halogens is 1. The number of carbonyl (C=O) groups is 5. The molecule has 6 rings (SSSR count). The zero-order valence-electron chi connectivity index (χ0n) is 46.7. The second-order valence-corrected chi connectivity index (χ2v) is 20.2. The number of hydrogen-bond donors (Lipinski definition) is 3. The first-order valence-electron chi connectivity index (χ1n) is 23.8. The van der Waals surface area contributed by atoms with E-state index in [1.54, 1.807) is 36.4 Å². The quantitative estimate of drug-likeness (QED) is 0.0465. The summed E-state index contributed by atoms with van der Waals surface area (Å²) in [5.74, 6) is 4.06. The number of methoxy groups -OCH3 is 2. The molecule has 2 aromatic heterocycles. The Morgan fingerprint density at radius 2 is 1.11 bits per heavy atom. The zero-order chi connectivity index (χ0) is 54.0. The van der Waals surface area contributed by atoms with Gasteiger partial charge in [-0.05, 0) is 161 Å². The van der Waals surface area contributed by atoms with Gasteiger partial charge in [-0.1, -0.05) is 6.92 Å². The number of alkyl halides is 1. The normalized spacial score (nSPS) is 16.9. The number of benzene rings is 2. The molecular weight excluding hydrogens is 1230 g/mol. The number of carbonyl (C=O) groups excluding carboxylic acids is 5. The number of rotatable bonds is 11. The molecule has 2 fully saturated rings. The van der Waals surface area contributed by atoms with E-state index in [1.807, 2.05) is 79.3 Å². The summed E-state index contributed by atoms with van der Waals surface area (Å²) >= 11 is 6.06. The average Bonchev–Trinajstić information content (AvgIpc) is 3.92. The summed E-state index contributed by atoms with van der Waals surface area (Å²) in [5, 5.41) is 14.9. The van der Waals surface area contributed by atoms with Crippen LogP contribution in [-0.4, -0.2) is 90.5 Å². The van der Waals surface area contributed by atoms with Crippen LogP contribution in [0, 0.1) is 19.8 Å². The topological polar surface area (TPSA) is 231 Å². The SMILES string of the molecule is CC1CCC(NC(=O)OC(C)(C)C)CC1.COC(=O)c1ccc(-c2nc(CS)c(C)o2)cc1.COC(=O)c1ccc(-c2nc(CSC3CCC(NC(=O)OC(C)(C)C)CC3)c(C)o2)cc1.O=CO[O-].[2H]CF.[Cs+].[Cs+].[H-]. The van der Waals surface area contributed by atoms with Crippen molar-refractivity contribution in [1.29, 1.82) is 0 Å². The number of ether oxygens (including phenoxy) is 4. The van der Waals surface area contributed by atoms with Crippen LogP contribution >= 0.6 is 24.4 Å². The number of nitrogens with zero attached hydrogens (tertiary/aromatic N) is 2. The standard InChI is InChI=1S/C24H32N2O5S.C13H13NO3S.C12H23NO2.CH3F.CH2O3.2Cs.H/c1-15-20(26-21(30-15)16-6-8-17(9-7-16)22(27)29-5)14-32-19-12-10-18(11-13-19)25-23(28)31-24(2,3)4;1-8-11(7-18)14-12(17-8)9-3-5-10(6-4-9)13(15)16-2;1-9-5-7-10(8-6-9)13-11(14)15-12(2,3)4;1-2;2-1-4-3;;;/h6-9,18-19H,10-14H2,1-5H3,(H,25,28);3-6,18H,7H2,1-2H3;9-10H,5-8H2,1-4H3,(H,13,14);1H3;1,3H;;;/q;;;;;2*+1;-1/p-1/i;;;1D;;;;. The van der Waals surface area contributed by atoms with Crippen molar-refractivity contribution in [1.82, 2.24) is 20.6 Å². The Balaban J connectivity index is 0. The number of nitrogens with one attached hydrogen (secondary N) is 2. The molecule has 73 heavy (non-hydrogen) atoms. The van der Waals surface area contributed by atoms with E-state index in [-0.39, 0.29) is 176 Å². The number of thiol groups is 1. The van der Waals surface area contributed by atoms with Gasteiger partial charge in [-0.3, -0.25) is 9.18 Å². The van der Waals surface area contributed by atoms with Crippen LogP contribution in [-0.2, 0) is 40.1 Å². The van der Waals surface area contributed by atoms with Gasteiger partial charge in [-0.25, -0.2) is 29.1 Å². The van der Waals surface area contributed by atoms with E-state index in [0.29, 0.717) is 40.0 Å². The predicted molar refractivity (Wildman–Crippen MR) is 272 cm³/mol. The Morgan fingerprint density at radius 1 is 0.753 bits per heavy atom. The fourth-order valence-corrected chi connectivity index (χ4v) is 8.60. The Labute approximate surface area is 560 Å². The van der Waals surface area contributed by atoms with Crippen molar-refractivity contribution in [2.24, 2.45) is 5.92 Å². The zero-order valence-corrected chi connectivity index (χ0v) is 59.0. The van der Waals surface area contributed by atoms with Gasteiger partial charge in [0.15, 0.2) is 0 Å².